The van der Waals surface area contributed by atoms with Crippen LogP contribution in [0.3, 0.4) is 0 Å². The highest BCUT2D eigenvalue weighted by Gasteiger charge is 2.46. The lowest BCUT2D eigenvalue weighted by Crippen LogP contribution is -2.29. The first-order valence-electron chi connectivity index (χ1n) is 12.2. The Hall–Kier alpha value is -4.20. The van der Waals surface area contributed by atoms with E-state index in [9.17, 15) is 14.7 Å². The highest BCUT2D eigenvalue weighted by Crippen LogP contribution is 2.42. The number of carbonyl (C=O) groups is 2. The van der Waals surface area contributed by atoms with Crippen molar-refractivity contribution in [2.24, 2.45) is 0 Å². The summed E-state index contributed by atoms with van der Waals surface area (Å²) in [5, 5.41) is 11.3. The van der Waals surface area contributed by atoms with E-state index in [2.05, 4.69) is 6.92 Å². The third-order valence-corrected chi connectivity index (χ3v) is 6.32. The maximum atomic E-state index is 13.3. The fourth-order valence-corrected chi connectivity index (χ4v) is 4.37. The first-order chi connectivity index (χ1) is 18.0. The second-order valence-corrected chi connectivity index (χ2v) is 8.70. The first kappa shape index (κ1) is 25.9. The zero-order valence-corrected chi connectivity index (χ0v) is 21.2. The van der Waals surface area contributed by atoms with Crippen molar-refractivity contribution in [2.75, 3.05) is 20.8 Å². The van der Waals surface area contributed by atoms with Gasteiger partial charge in [0.15, 0.2) is 11.5 Å². The molecule has 2 heterocycles. The van der Waals surface area contributed by atoms with Gasteiger partial charge in [-0.1, -0.05) is 25.8 Å². The number of benzene rings is 2. The van der Waals surface area contributed by atoms with Crippen LogP contribution in [-0.2, 0) is 16.1 Å². The molecule has 1 atom stereocenters. The number of rotatable bonds is 11. The van der Waals surface area contributed by atoms with Gasteiger partial charge >= 0.3 is 0 Å². The van der Waals surface area contributed by atoms with Crippen LogP contribution in [-0.4, -0.2) is 42.5 Å². The Bertz CT molecular complexity index is 1260. The highest BCUT2D eigenvalue weighted by atomic mass is 16.5. The minimum absolute atomic E-state index is 0.0135. The largest absolute Gasteiger partial charge is 0.507 e. The Morgan fingerprint density at radius 1 is 1.00 bits per heavy atom. The van der Waals surface area contributed by atoms with E-state index in [1.165, 1.54) is 18.3 Å². The van der Waals surface area contributed by atoms with Gasteiger partial charge in [-0.3, -0.25) is 9.59 Å². The molecule has 0 bridgehead atoms. The molecule has 3 aromatic rings. The monoisotopic (exact) mass is 505 g/mol. The normalized spacial score (nSPS) is 16.7. The van der Waals surface area contributed by atoms with Crippen molar-refractivity contribution >= 4 is 17.4 Å². The van der Waals surface area contributed by atoms with Gasteiger partial charge in [0.05, 0.1) is 45.2 Å². The lowest BCUT2D eigenvalue weighted by molar-refractivity contribution is -0.140. The van der Waals surface area contributed by atoms with Gasteiger partial charge in [0.25, 0.3) is 11.7 Å². The SMILES string of the molecule is CCCCCOc1ccc(C2/C(=C(\O)c3ccc(OC)cc3)C(=O)C(=O)N2Cc2ccco2)cc1OC. The summed E-state index contributed by atoms with van der Waals surface area (Å²) in [5.41, 5.74) is 0.976. The van der Waals surface area contributed by atoms with Crippen LogP contribution in [0, 0.1) is 0 Å². The van der Waals surface area contributed by atoms with Gasteiger partial charge in [-0.05, 0) is 60.5 Å². The maximum absolute atomic E-state index is 13.3. The summed E-state index contributed by atoms with van der Waals surface area (Å²) >= 11 is 0. The van der Waals surface area contributed by atoms with E-state index in [0.29, 0.717) is 40.7 Å². The third kappa shape index (κ3) is 5.48. The summed E-state index contributed by atoms with van der Waals surface area (Å²) < 4.78 is 22.1. The molecule has 1 aromatic heterocycles. The zero-order valence-electron chi connectivity index (χ0n) is 21.2. The van der Waals surface area contributed by atoms with Crippen molar-refractivity contribution in [3.05, 3.63) is 83.3 Å². The molecule has 37 heavy (non-hydrogen) atoms. The van der Waals surface area contributed by atoms with E-state index in [1.807, 2.05) is 0 Å². The number of aliphatic hydroxyl groups is 1. The molecule has 4 rings (SSSR count). The molecule has 1 unspecified atom stereocenters. The Morgan fingerprint density at radius 2 is 1.78 bits per heavy atom. The van der Waals surface area contributed by atoms with Crippen LogP contribution < -0.4 is 14.2 Å². The number of furan rings is 1. The minimum atomic E-state index is -0.866. The molecule has 1 N–H and O–H groups in total. The van der Waals surface area contributed by atoms with E-state index in [0.717, 1.165) is 19.3 Å². The lowest BCUT2D eigenvalue weighted by Gasteiger charge is -2.25. The van der Waals surface area contributed by atoms with Crippen molar-refractivity contribution in [2.45, 2.75) is 38.8 Å². The molecule has 1 fully saturated rings. The van der Waals surface area contributed by atoms with Crippen molar-refractivity contribution in [1.82, 2.24) is 4.90 Å². The van der Waals surface area contributed by atoms with E-state index in [1.54, 1.807) is 61.7 Å². The van der Waals surface area contributed by atoms with Crippen LogP contribution in [0.2, 0.25) is 0 Å². The van der Waals surface area contributed by atoms with E-state index in [4.69, 9.17) is 18.6 Å². The number of ketones is 1. The summed E-state index contributed by atoms with van der Waals surface area (Å²) in [6.45, 7) is 2.73. The van der Waals surface area contributed by atoms with Crippen molar-refractivity contribution in [1.29, 1.82) is 0 Å². The number of ether oxygens (including phenoxy) is 3. The van der Waals surface area contributed by atoms with Gasteiger partial charge in [-0.2, -0.15) is 0 Å². The van der Waals surface area contributed by atoms with Crippen LogP contribution >= 0.6 is 0 Å². The molecule has 0 saturated carbocycles. The van der Waals surface area contributed by atoms with Crippen LogP contribution in [0.4, 0.5) is 0 Å². The zero-order chi connectivity index (χ0) is 26.4. The number of hydrogen-bond donors (Lipinski definition) is 1. The summed E-state index contributed by atoms with van der Waals surface area (Å²) in [7, 11) is 3.08. The van der Waals surface area contributed by atoms with Crippen LogP contribution in [0.1, 0.15) is 49.1 Å². The lowest BCUT2D eigenvalue weighted by atomic mass is 9.95. The third-order valence-electron chi connectivity index (χ3n) is 6.32. The Kier molecular flexibility index (Phi) is 8.18. The Balaban J connectivity index is 1.78. The number of aliphatic hydroxyl groups excluding tert-OH is 1. The molecular formula is C29H31NO7. The fraction of sp³-hybridized carbons (Fsp3) is 0.310. The molecule has 0 spiro atoms. The van der Waals surface area contributed by atoms with Gasteiger partial charge in [0.2, 0.25) is 0 Å². The highest BCUT2D eigenvalue weighted by molar-refractivity contribution is 6.46. The molecule has 8 heteroatoms. The average molecular weight is 506 g/mol. The first-order valence-corrected chi connectivity index (χ1v) is 12.2. The molecular weight excluding hydrogens is 474 g/mol. The second kappa shape index (κ2) is 11.7. The molecule has 0 radical (unpaired) electrons. The molecule has 8 nitrogen and oxygen atoms in total. The number of amides is 1. The van der Waals surface area contributed by atoms with E-state index >= 15 is 0 Å². The summed E-state index contributed by atoms with van der Waals surface area (Å²) in [6.07, 6.45) is 4.58. The number of nitrogens with zero attached hydrogens (tertiary/aromatic N) is 1. The molecule has 2 aromatic carbocycles. The van der Waals surface area contributed by atoms with Gasteiger partial charge < -0.3 is 28.6 Å². The number of carbonyl (C=O) groups excluding carboxylic acids is 2. The smallest absolute Gasteiger partial charge is 0.296 e. The van der Waals surface area contributed by atoms with Gasteiger partial charge in [0.1, 0.15) is 17.3 Å². The van der Waals surface area contributed by atoms with Gasteiger partial charge in [0, 0.05) is 5.56 Å². The quantitative estimate of drug-likeness (QED) is 0.159. The van der Waals surface area contributed by atoms with Crippen molar-refractivity contribution in [3.8, 4) is 17.2 Å². The Morgan fingerprint density at radius 3 is 2.43 bits per heavy atom. The number of unbranched alkanes of at least 4 members (excludes halogenated alkanes) is 2. The van der Waals surface area contributed by atoms with Crippen LogP contribution in [0.5, 0.6) is 17.2 Å². The van der Waals surface area contributed by atoms with Gasteiger partial charge in [-0.25, -0.2) is 0 Å². The van der Waals surface area contributed by atoms with Crippen LogP contribution in [0.15, 0.2) is 70.9 Å². The fourth-order valence-electron chi connectivity index (χ4n) is 4.37. The van der Waals surface area contributed by atoms with E-state index < -0.39 is 17.7 Å². The molecule has 0 aliphatic carbocycles. The van der Waals surface area contributed by atoms with Crippen molar-refractivity contribution < 1.29 is 33.3 Å². The summed E-state index contributed by atoms with van der Waals surface area (Å²) in [5.74, 6) is 0.387. The van der Waals surface area contributed by atoms with E-state index in [-0.39, 0.29) is 17.9 Å². The van der Waals surface area contributed by atoms with Gasteiger partial charge in [-0.15, -0.1) is 0 Å². The molecule has 1 saturated heterocycles. The average Bonchev–Trinajstić information content (AvgIpc) is 3.53. The summed E-state index contributed by atoms with van der Waals surface area (Å²) in [6, 6.07) is 14.5. The minimum Gasteiger partial charge on any atom is -0.507 e. The molecule has 1 aliphatic heterocycles. The predicted molar refractivity (Wildman–Crippen MR) is 138 cm³/mol. The number of hydrogen-bond acceptors (Lipinski definition) is 7. The topological polar surface area (TPSA) is 98.4 Å². The second-order valence-electron chi connectivity index (χ2n) is 8.70. The summed E-state index contributed by atoms with van der Waals surface area (Å²) in [4.78, 5) is 27.9. The Labute approximate surface area is 216 Å². The van der Waals surface area contributed by atoms with Crippen molar-refractivity contribution in [3.63, 3.8) is 0 Å². The number of Topliss-reactive ketones (excluding diaryl/α,β-unsaturated/α-hetero) is 1. The van der Waals surface area contributed by atoms with Crippen LogP contribution in [0.25, 0.3) is 5.76 Å². The molecule has 1 amide bonds. The molecule has 194 valence electrons. The molecule has 1 aliphatic rings. The number of methoxy groups -OCH3 is 2. The number of likely N-dealkylation sites (tertiary alicyclic amines) is 1. The maximum Gasteiger partial charge on any atom is 0.296 e. The standard InChI is InChI=1S/C29H31NO7/c1-4-5-6-15-37-23-14-11-20(17-24(23)35-3)26-25(27(31)19-9-12-21(34-2)13-10-19)28(32)29(33)30(26)18-22-8-7-16-36-22/h7-14,16-17,26,31H,4-6,15,18H2,1-3H3/b27-25+. The predicted octanol–water partition coefficient (Wildman–Crippen LogP) is 5.49.